The Morgan fingerprint density at radius 1 is 1.39 bits per heavy atom. The fourth-order valence-electron chi connectivity index (χ4n) is 2.27. The van der Waals surface area contributed by atoms with Crippen molar-refractivity contribution in [1.82, 2.24) is 10.2 Å². The third-order valence-corrected chi connectivity index (χ3v) is 4.21. The van der Waals surface area contributed by atoms with E-state index in [0.717, 1.165) is 31.8 Å². The monoisotopic (exact) mass is 264 g/mol. The second-order valence-corrected chi connectivity index (χ2v) is 5.58. The molecule has 1 saturated heterocycles. The molecule has 1 aromatic carbocycles. The number of rotatable bonds is 5. The van der Waals surface area contributed by atoms with Crippen LogP contribution in [0.1, 0.15) is 13.3 Å². The van der Waals surface area contributed by atoms with E-state index < -0.39 is 0 Å². The number of nitrogens with zero attached hydrogens (tertiary/aromatic N) is 1. The Hall–Kier alpha value is -1.00. The Morgan fingerprint density at radius 3 is 2.89 bits per heavy atom. The average molecular weight is 264 g/mol. The highest BCUT2D eigenvalue weighted by atomic mass is 32.2. The molecule has 1 atom stereocenters. The van der Waals surface area contributed by atoms with Crippen LogP contribution in [0.4, 0.5) is 0 Å². The number of carbonyl (C=O) groups is 1. The van der Waals surface area contributed by atoms with Gasteiger partial charge in [-0.25, -0.2) is 0 Å². The molecule has 1 amide bonds. The first-order valence-electron chi connectivity index (χ1n) is 6.51. The molecular formula is C14H20N2OS. The zero-order valence-corrected chi connectivity index (χ0v) is 11.6. The van der Waals surface area contributed by atoms with E-state index in [-0.39, 0.29) is 11.9 Å². The highest BCUT2D eigenvalue weighted by Gasteiger charge is 2.27. The van der Waals surface area contributed by atoms with E-state index in [1.165, 1.54) is 4.90 Å². The fourth-order valence-corrected chi connectivity index (χ4v) is 3.18. The SMILES string of the molecule is CCC1C(=O)NCCN1CCSc1ccccc1. The molecule has 4 heteroatoms. The standard InChI is InChI=1S/C14H20N2OS/c1-2-13-14(17)15-8-9-16(13)10-11-18-12-6-4-3-5-7-12/h3-7,13H,2,8-11H2,1H3,(H,15,17). The Labute approximate surface area is 113 Å². The average Bonchev–Trinajstić information content (AvgIpc) is 2.40. The van der Waals surface area contributed by atoms with Crippen LogP contribution in [0.5, 0.6) is 0 Å². The molecule has 1 aromatic rings. The van der Waals surface area contributed by atoms with Crippen molar-refractivity contribution in [3.05, 3.63) is 30.3 Å². The summed E-state index contributed by atoms with van der Waals surface area (Å²) in [6, 6.07) is 10.5. The molecule has 0 bridgehead atoms. The Bertz CT molecular complexity index is 383. The molecule has 1 fully saturated rings. The van der Waals surface area contributed by atoms with Gasteiger partial charge in [-0.1, -0.05) is 25.1 Å². The van der Waals surface area contributed by atoms with Gasteiger partial charge in [0.15, 0.2) is 0 Å². The summed E-state index contributed by atoms with van der Waals surface area (Å²) in [4.78, 5) is 15.3. The molecule has 98 valence electrons. The first-order chi connectivity index (χ1) is 8.81. The van der Waals surface area contributed by atoms with Gasteiger partial charge < -0.3 is 5.32 Å². The van der Waals surface area contributed by atoms with Gasteiger partial charge in [-0.05, 0) is 18.6 Å². The molecule has 0 aliphatic carbocycles. The van der Waals surface area contributed by atoms with E-state index in [4.69, 9.17) is 0 Å². The number of piperazine rings is 1. The van der Waals surface area contributed by atoms with Crippen molar-refractivity contribution in [2.45, 2.75) is 24.3 Å². The van der Waals surface area contributed by atoms with Gasteiger partial charge >= 0.3 is 0 Å². The molecule has 18 heavy (non-hydrogen) atoms. The molecule has 0 spiro atoms. The molecule has 2 rings (SSSR count). The van der Waals surface area contributed by atoms with E-state index in [9.17, 15) is 4.79 Å². The van der Waals surface area contributed by atoms with Crippen LogP contribution in [0.25, 0.3) is 0 Å². The summed E-state index contributed by atoms with van der Waals surface area (Å²) in [5, 5.41) is 2.93. The molecule has 0 radical (unpaired) electrons. The van der Waals surface area contributed by atoms with Crippen LogP contribution in [-0.2, 0) is 4.79 Å². The second-order valence-electron chi connectivity index (χ2n) is 4.41. The third kappa shape index (κ3) is 3.50. The van der Waals surface area contributed by atoms with E-state index in [1.54, 1.807) is 0 Å². The topological polar surface area (TPSA) is 32.3 Å². The van der Waals surface area contributed by atoms with Crippen LogP contribution in [0.2, 0.25) is 0 Å². The maximum atomic E-state index is 11.7. The number of hydrogen-bond donors (Lipinski definition) is 1. The molecular weight excluding hydrogens is 244 g/mol. The van der Waals surface area contributed by atoms with Crippen molar-refractivity contribution in [2.24, 2.45) is 0 Å². The van der Waals surface area contributed by atoms with Crippen molar-refractivity contribution in [3.8, 4) is 0 Å². The fraction of sp³-hybridized carbons (Fsp3) is 0.500. The number of nitrogens with one attached hydrogen (secondary N) is 1. The molecule has 0 aromatic heterocycles. The number of hydrogen-bond acceptors (Lipinski definition) is 3. The minimum absolute atomic E-state index is 0.0649. The second kappa shape index (κ2) is 6.81. The van der Waals surface area contributed by atoms with Gasteiger partial charge in [0.1, 0.15) is 0 Å². The summed E-state index contributed by atoms with van der Waals surface area (Å²) < 4.78 is 0. The number of amides is 1. The van der Waals surface area contributed by atoms with E-state index >= 15 is 0 Å². The molecule has 1 unspecified atom stereocenters. The van der Waals surface area contributed by atoms with Gasteiger partial charge in [-0.15, -0.1) is 11.8 Å². The summed E-state index contributed by atoms with van der Waals surface area (Å²) in [7, 11) is 0. The summed E-state index contributed by atoms with van der Waals surface area (Å²) in [5.74, 6) is 1.22. The third-order valence-electron chi connectivity index (χ3n) is 3.22. The lowest BCUT2D eigenvalue weighted by atomic mass is 10.1. The highest BCUT2D eigenvalue weighted by Crippen LogP contribution is 2.18. The molecule has 3 nitrogen and oxygen atoms in total. The number of thioether (sulfide) groups is 1. The van der Waals surface area contributed by atoms with Crippen LogP contribution >= 0.6 is 11.8 Å². The quantitative estimate of drug-likeness (QED) is 0.826. The van der Waals surface area contributed by atoms with E-state index in [1.807, 2.05) is 17.8 Å². The van der Waals surface area contributed by atoms with Crippen molar-refractivity contribution in [1.29, 1.82) is 0 Å². The number of carbonyl (C=O) groups excluding carboxylic acids is 1. The smallest absolute Gasteiger partial charge is 0.237 e. The minimum Gasteiger partial charge on any atom is -0.353 e. The van der Waals surface area contributed by atoms with E-state index in [0.29, 0.717) is 0 Å². The van der Waals surface area contributed by atoms with Gasteiger partial charge in [0.05, 0.1) is 6.04 Å². The van der Waals surface area contributed by atoms with Gasteiger partial charge in [0.25, 0.3) is 0 Å². The van der Waals surface area contributed by atoms with Crippen LogP contribution < -0.4 is 5.32 Å². The predicted molar refractivity (Wildman–Crippen MR) is 75.8 cm³/mol. The Balaban J connectivity index is 1.80. The minimum atomic E-state index is 0.0649. The molecule has 1 aliphatic rings. The van der Waals surface area contributed by atoms with E-state index in [2.05, 4.69) is 41.4 Å². The van der Waals surface area contributed by atoms with Crippen LogP contribution in [-0.4, -0.2) is 42.2 Å². The zero-order chi connectivity index (χ0) is 12.8. The zero-order valence-electron chi connectivity index (χ0n) is 10.8. The summed E-state index contributed by atoms with van der Waals surface area (Å²) in [6.45, 7) is 4.81. The molecule has 1 aliphatic heterocycles. The first kappa shape index (κ1) is 13.4. The van der Waals surface area contributed by atoms with Gasteiger partial charge in [0.2, 0.25) is 5.91 Å². The van der Waals surface area contributed by atoms with Gasteiger partial charge in [-0.2, -0.15) is 0 Å². The van der Waals surface area contributed by atoms with Gasteiger partial charge in [0, 0.05) is 30.3 Å². The summed E-state index contributed by atoms with van der Waals surface area (Å²) in [6.07, 6.45) is 0.891. The van der Waals surface area contributed by atoms with Crippen molar-refractivity contribution in [2.75, 3.05) is 25.4 Å². The van der Waals surface area contributed by atoms with Crippen molar-refractivity contribution < 1.29 is 4.79 Å². The largest absolute Gasteiger partial charge is 0.353 e. The lowest BCUT2D eigenvalue weighted by Gasteiger charge is -2.34. The number of benzene rings is 1. The lowest BCUT2D eigenvalue weighted by Crippen LogP contribution is -2.55. The summed E-state index contributed by atoms with van der Waals surface area (Å²) in [5.41, 5.74) is 0. The van der Waals surface area contributed by atoms with Crippen molar-refractivity contribution in [3.63, 3.8) is 0 Å². The predicted octanol–water partition coefficient (Wildman–Crippen LogP) is 1.99. The molecule has 1 heterocycles. The van der Waals surface area contributed by atoms with Gasteiger partial charge in [-0.3, -0.25) is 9.69 Å². The molecule has 0 saturated carbocycles. The van der Waals surface area contributed by atoms with Crippen LogP contribution in [0.15, 0.2) is 35.2 Å². The summed E-state index contributed by atoms with van der Waals surface area (Å²) >= 11 is 1.85. The Morgan fingerprint density at radius 2 is 2.17 bits per heavy atom. The molecule has 1 N–H and O–H groups in total. The first-order valence-corrected chi connectivity index (χ1v) is 7.49. The van der Waals surface area contributed by atoms with Crippen LogP contribution in [0.3, 0.4) is 0 Å². The van der Waals surface area contributed by atoms with Crippen LogP contribution in [0, 0.1) is 0 Å². The normalized spacial score (nSPS) is 20.7. The Kier molecular flexibility index (Phi) is 5.08. The lowest BCUT2D eigenvalue weighted by molar-refractivity contribution is -0.128. The highest BCUT2D eigenvalue weighted by molar-refractivity contribution is 7.99. The maximum absolute atomic E-state index is 11.7. The van der Waals surface area contributed by atoms with Crippen molar-refractivity contribution >= 4 is 17.7 Å². The maximum Gasteiger partial charge on any atom is 0.237 e.